The Morgan fingerprint density at radius 2 is 2.11 bits per heavy atom. The SMILES string of the molecule is CCC1CCC(CNC(C)(C)C)C(c2ccsc2)C1. The Hall–Kier alpha value is -0.340. The molecule has 0 saturated heterocycles. The maximum absolute atomic E-state index is 3.72. The fraction of sp³-hybridized carbons (Fsp3) is 0.765. The first-order valence-electron chi connectivity index (χ1n) is 7.76. The van der Waals surface area contributed by atoms with E-state index in [1.54, 1.807) is 5.56 Å². The zero-order valence-corrected chi connectivity index (χ0v) is 13.7. The smallest absolute Gasteiger partial charge is 0.00966 e. The lowest BCUT2D eigenvalue weighted by molar-refractivity contribution is 0.214. The molecule has 19 heavy (non-hydrogen) atoms. The van der Waals surface area contributed by atoms with Gasteiger partial charge in [-0.2, -0.15) is 11.3 Å². The minimum Gasteiger partial charge on any atom is -0.312 e. The summed E-state index contributed by atoms with van der Waals surface area (Å²) in [5.41, 5.74) is 1.82. The van der Waals surface area contributed by atoms with Crippen LogP contribution in [0.25, 0.3) is 0 Å². The van der Waals surface area contributed by atoms with Gasteiger partial charge in [0.25, 0.3) is 0 Å². The van der Waals surface area contributed by atoms with E-state index in [4.69, 9.17) is 0 Å². The minimum atomic E-state index is 0.237. The highest BCUT2D eigenvalue weighted by Crippen LogP contribution is 2.42. The summed E-state index contributed by atoms with van der Waals surface area (Å²) in [7, 11) is 0. The van der Waals surface area contributed by atoms with Gasteiger partial charge in [0.1, 0.15) is 0 Å². The van der Waals surface area contributed by atoms with Crippen LogP contribution in [0, 0.1) is 11.8 Å². The summed E-state index contributed by atoms with van der Waals surface area (Å²) in [6.07, 6.45) is 5.56. The second-order valence-electron chi connectivity index (χ2n) is 7.14. The molecule has 1 heterocycles. The van der Waals surface area contributed by atoms with E-state index in [-0.39, 0.29) is 5.54 Å². The minimum absolute atomic E-state index is 0.237. The van der Waals surface area contributed by atoms with Crippen LogP contribution in [0.5, 0.6) is 0 Å². The first kappa shape index (κ1) is 15.1. The Morgan fingerprint density at radius 3 is 2.68 bits per heavy atom. The monoisotopic (exact) mass is 279 g/mol. The zero-order chi connectivity index (χ0) is 13.9. The fourth-order valence-electron chi connectivity index (χ4n) is 3.27. The largest absolute Gasteiger partial charge is 0.312 e. The molecular weight excluding hydrogens is 250 g/mol. The summed E-state index contributed by atoms with van der Waals surface area (Å²) < 4.78 is 0. The van der Waals surface area contributed by atoms with Gasteiger partial charge in [-0.25, -0.2) is 0 Å². The highest BCUT2D eigenvalue weighted by atomic mass is 32.1. The molecule has 1 saturated carbocycles. The van der Waals surface area contributed by atoms with Crippen LogP contribution < -0.4 is 5.32 Å². The summed E-state index contributed by atoms with van der Waals surface area (Å²) in [6.45, 7) is 10.3. The molecule has 1 N–H and O–H groups in total. The van der Waals surface area contributed by atoms with E-state index in [0.717, 1.165) is 17.8 Å². The maximum atomic E-state index is 3.72. The Kier molecular flexibility index (Phi) is 5.08. The Labute approximate surface area is 122 Å². The molecule has 0 radical (unpaired) electrons. The average molecular weight is 279 g/mol. The lowest BCUT2D eigenvalue weighted by Gasteiger charge is -2.37. The first-order chi connectivity index (χ1) is 8.99. The molecule has 3 unspecified atom stereocenters. The molecule has 0 amide bonds. The van der Waals surface area contributed by atoms with E-state index in [1.165, 1.54) is 32.2 Å². The average Bonchev–Trinajstić information content (AvgIpc) is 2.89. The Balaban J connectivity index is 2.03. The van der Waals surface area contributed by atoms with Crippen LogP contribution in [0.3, 0.4) is 0 Å². The molecule has 0 bridgehead atoms. The van der Waals surface area contributed by atoms with Gasteiger partial charge in [-0.05, 0) is 80.3 Å². The van der Waals surface area contributed by atoms with Crippen LogP contribution in [0.15, 0.2) is 16.8 Å². The van der Waals surface area contributed by atoms with Gasteiger partial charge in [-0.3, -0.25) is 0 Å². The summed E-state index contributed by atoms with van der Waals surface area (Å²) in [6, 6.07) is 2.34. The van der Waals surface area contributed by atoms with E-state index in [2.05, 4.69) is 49.8 Å². The van der Waals surface area contributed by atoms with Crippen molar-refractivity contribution in [3.05, 3.63) is 22.4 Å². The molecule has 1 fully saturated rings. The predicted molar refractivity (Wildman–Crippen MR) is 85.9 cm³/mol. The van der Waals surface area contributed by atoms with Crippen molar-refractivity contribution in [1.82, 2.24) is 5.32 Å². The lowest BCUT2D eigenvalue weighted by atomic mass is 9.71. The van der Waals surface area contributed by atoms with Crippen LogP contribution >= 0.6 is 11.3 Å². The van der Waals surface area contributed by atoms with Gasteiger partial charge in [0.2, 0.25) is 0 Å². The van der Waals surface area contributed by atoms with Gasteiger partial charge < -0.3 is 5.32 Å². The Morgan fingerprint density at radius 1 is 1.32 bits per heavy atom. The van der Waals surface area contributed by atoms with E-state index in [0.29, 0.717) is 0 Å². The lowest BCUT2D eigenvalue weighted by Crippen LogP contribution is -2.41. The molecule has 1 aromatic rings. The summed E-state index contributed by atoms with van der Waals surface area (Å²) in [5.74, 6) is 2.53. The van der Waals surface area contributed by atoms with Gasteiger partial charge in [-0.1, -0.05) is 19.8 Å². The van der Waals surface area contributed by atoms with E-state index >= 15 is 0 Å². The van der Waals surface area contributed by atoms with Gasteiger partial charge in [-0.15, -0.1) is 0 Å². The van der Waals surface area contributed by atoms with E-state index in [1.807, 2.05) is 11.3 Å². The van der Waals surface area contributed by atoms with Crippen molar-refractivity contribution in [2.45, 2.75) is 64.8 Å². The molecule has 1 nitrogen and oxygen atoms in total. The van der Waals surface area contributed by atoms with Gasteiger partial charge in [0.15, 0.2) is 0 Å². The standard InChI is InChI=1S/C17H29NS/c1-5-13-6-7-14(11-18-17(2,3)4)16(10-13)15-8-9-19-12-15/h8-9,12-14,16,18H,5-7,10-11H2,1-4H3. The number of rotatable bonds is 4. The quantitative estimate of drug-likeness (QED) is 0.813. The Bertz CT molecular complexity index is 363. The number of nitrogens with one attached hydrogen (secondary N) is 1. The molecule has 0 aromatic carbocycles. The first-order valence-corrected chi connectivity index (χ1v) is 8.71. The topological polar surface area (TPSA) is 12.0 Å². The predicted octanol–water partition coefficient (Wildman–Crippen LogP) is 5.05. The van der Waals surface area contributed by atoms with Crippen molar-refractivity contribution >= 4 is 11.3 Å². The van der Waals surface area contributed by atoms with Crippen molar-refractivity contribution in [3.8, 4) is 0 Å². The van der Waals surface area contributed by atoms with E-state index < -0.39 is 0 Å². The highest BCUT2D eigenvalue weighted by Gasteiger charge is 2.31. The van der Waals surface area contributed by atoms with Crippen molar-refractivity contribution in [2.75, 3.05) is 6.54 Å². The van der Waals surface area contributed by atoms with Crippen LogP contribution in [0.1, 0.15) is 64.9 Å². The molecule has 2 rings (SSSR count). The van der Waals surface area contributed by atoms with Crippen molar-refractivity contribution in [1.29, 1.82) is 0 Å². The second-order valence-corrected chi connectivity index (χ2v) is 7.92. The summed E-state index contributed by atoms with van der Waals surface area (Å²) in [4.78, 5) is 0. The van der Waals surface area contributed by atoms with Crippen LogP contribution in [-0.2, 0) is 0 Å². The van der Waals surface area contributed by atoms with Crippen LogP contribution in [0.2, 0.25) is 0 Å². The summed E-state index contributed by atoms with van der Waals surface area (Å²) >= 11 is 1.85. The van der Waals surface area contributed by atoms with Gasteiger partial charge in [0, 0.05) is 5.54 Å². The van der Waals surface area contributed by atoms with Gasteiger partial charge in [0.05, 0.1) is 0 Å². The zero-order valence-electron chi connectivity index (χ0n) is 12.9. The fourth-order valence-corrected chi connectivity index (χ4v) is 3.99. The molecule has 1 aromatic heterocycles. The maximum Gasteiger partial charge on any atom is 0.00966 e. The highest BCUT2D eigenvalue weighted by molar-refractivity contribution is 7.07. The number of hydrogen-bond acceptors (Lipinski definition) is 2. The van der Waals surface area contributed by atoms with Crippen molar-refractivity contribution in [2.24, 2.45) is 11.8 Å². The number of hydrogen-bond donors (Lipinski definition) is 1. The third-order valence-corrected chi connectivity index (χ3v) is 5.25. The van der Waals surface area contributed by atoms with Crippen molar-refractivity contribution in [3.63, 3.8) is 0 Å². The van der Waals surface area contributed by atoms with Gasteiger partial charge >= 0.3 is 0 Å². The normalized spacial score (nSPS) is 28.5. The molecule has 3 atom stereocenters. The van der Waals surface area contributed by atoms with Crippen molar-refractivity contribution < 1.29 is 0 Å². The molecular formula is C17H29NS. The third kappa shape index (κ3) is 4.32. The van der Waals surface area contributed by atoms with E-state index in [9.17, 15) is 0 Å². The van der Waals surface area contributed by atoms with Crippen LogP contribution in [0.4, 0.5) is 0 Å². The molecule has 2 heteroatoms. The molecule has 1 aliphatic rings. The molecule has 108 valence electrons. The second kappa shape index (κ2) is 6.41. The third-order valence-electron chi connectivity index (χ3n) is 4.55. The summed E-state index contributed by atoms with van der Waals surface area (Å²) in [5, 5.41) is 8.32. The number of thiophene rings is 1. The molecule has 0 spiro atoms. The molecule has 1 aliphatic carbocycles. The van der Waals surface area contributed by atoms with Crippen LogP contribution in [-0.4, -0.2) is 12.1 Å². The molecule has 0 aliphatic heterocycles.